The largest absolute Gasteiger partial charge is 0.484 e. The van der Waals surface area contributed by atoms with Gasteiger partial charge in [-0.25, -0.2) is 19.7 Å². The van der Waals surface area contributed by atoms with E-state index in [4.69, 9.17) is 4.74 Å². The summed E-state index contributed by atoms with van der Waals surface area (Å²) in [6.07, 6.45) is 6.21. The number of aromatic carboxylic acids is 1. The van der Waals surface area contributed by atoms with Gasteiger partial charge in [0.05, 0.1) is 11.4 Å². The maximum absolute atomic E-state index is 12.0. The number of pyridine rings is 2. The number of anilines is 1. The van der Waals surface area contributed by atoms with E-state index in [1.807, 2.05) is 60.8 Å². The molecular weight excluding hydrogens is 466 g/mol. The molecule has 5 rings (SSSR count). The molecule has 3 aromatic heterocycles. The molecule has 1 N–H and O–H groups in total. The highest BCUT2D eigenvalue weighted by Gasteiger charge is 2.24. The number of nitrogens with zero attached hydrogens (tertiary/aromatic N) is 5. The first kappa shape index (κ1) is 24.4. The summed E-state index contributed by atoms with van der Waals surface area (Å²) < 4.78 is 5.84. The van der Waals surface area contributed by atoms with E-state index in [-0.39, 0.29) is 18.1 Å². The van der Waals surface area contributed by atoms with E-state index < -0.39 is 5.97 Å². The highest BCUT2D eigenvalue weighted by atomic mass is 16.5. The smallest absolute Gasteiger partial charge is 0.358 e. The third kappa shape index (κ3) is 5.91. The predicted octanol–water partition coefficient (Wildman–Crippen LogP) is 4.98. The minimum atomic E-state index is -1.11. The van der Waals surface area contributed by atoms with Crippen molar-refractivity contribution in [3.05, 3.63) is 95.8 Å². The summed E-state index contributed by atoms with van der Waals surface area (Å²) >= 11 is 0. The molecule has 0 atom stereocenters. The minimum Gasteiger partial charge on any atom is -0.484 e. The van der Waals surface area contributed by atoms with Crippen LogP contribution in [0.5, 0.6) is 5.75 Å². The van der Waals surface area contributed by atoms with Gasteiger partial charge < -0.3 is 14.7 Å². The quantitative estimate of drug-likeness (QED) is 0.365. The average molecular weight is 496 g/mol. The first-order chi connectivity index (χ1) is 18.1. The lowest BCUT2D eigenvalue weighted by atomic mass is 9.93. The lowest BCUT2D eigenvalue weighted by molar-refractivity contribution is 0.0683. The highest BCUT2D eigenvalue weighted by molar-refractivity contribution is 5.88. The fourth-order valence-electron chi connectivity index (χ4n) is 4.64. The van der Waals surface area contributed by atoms with E-state index in [1.54, 1.807) is 13.1 Å². The van der Waals surface area contributed by atoms with Crippen LogP contribution in [0.1, 0.15) is 40.4 Å². The molecule has 37 heavy (non-hydrogen) atoms. The second kappa shape index (κ2) is 11.2. The molecule has 8 heteroatoms. The zero-order chi connectivity index (χ0) is 25.6. The standard InChI is InChI=1S/C29H29N5O3/c1-20-28(37-19-22-7-3-2-4-8-22)27(29(35)36)33-25(32-20)17-21-12-15-34(16-13-21)26-11-10-23(18-31-26)24-9-5-6-14-30-24/h2-11,14,18,21H,12-13,15-17,19H2,1H3,(H,35,36). The molecule has 4 aromatic rings. The molecule has 0 unspecified atom stereocenters. The minimum absolute atomic E-state index is 0.0759. The Morgan fingerprint density at radius 2 is 1.78 bits per heavy atom. The summed E-state index contributed by atoms with van der Waals surface area (Å²) in [6.45, 7) is 3.80. The summed E-state index contributed by atoms with van der Waals surface area (Å²) in [7, 11) is 0. The van der Waals surface area contributed by atoms with Crippen molar-refractivity contribution in [1.29, 1.82) is 0 Å². The second-order valence-electron chi connectivity index (χ2n) is 9.24. The van der Waals surface area contributed by atoms with Gasteiger partial charge in [0.25, 0.3) is 0 Å². The number of piperidine rings is 1. The number of carboxylic acids is 1. The maximum atomic E-state index is 12.0. The molecule has 1 saturated heterocycles. The van der Waals surface area contributed by atoms with E-state index in [2.05, 4.69) is 30.9 Å². The molecule has 0 amide bonds. The van der Waals surface area contributed by atoms with Gasteiger partial charge in [-0.3, -0.25) is 4.98 Å². The van der Waals surface area contributed by atoms with Crippen LogP contribution in [0, 0.1) is 12.8 Å². The molecule has 8 nitrogen and oxygen atoms in total. The molecule has 188 valence electrons. The van der Waals surface area contributed by atoms with Crippen LogP contribution < -0.4 is 9.64 Å². The Bertz CT molecular complexity index is 1340. The second-order valence-corrected chi connectivity index (χ2v) is 9.24. The predicted molar refractivity (Wildman–Crippen MR) is 141 cm³/mol. The molecular formula is C29H29N5O3. The van der Waals surface area contributed by atoms with Gasteiger partial charge >= 0.3 is 5.97 Å². The fourth-order valence-corrected chi connectivity index (χ4v) is 4.64. The van der Waals surface area contributed by atoms with Crippen LogP contribution in [0.4, 0.5) is 5.82 Å². The topological polar surface area (TPSA) is 101 Å². The van der Waals surface area contributed by atoms with Crippen molar-refractivity contribution in [2.45, 2.75) is 32.8 Å². The first-order valence-electron chi connectivity index (χ1n) is 12.5. The van der Waals surface area contributed by atoms with Crippen LogP contribution >= 0.6 is 0 Å². The summed E-state index contributed by atoms with van der Waals surface area (Å²) in [5, 5.41) is 9.78. The molecule has 0 saturated carbocycles. The van der Waals surface area contributed by atoms with Gasteiger partial charge in [0, 0.05) is 37.5 Å². The summed E-state index contributed by atoms with van der Waals surface area (Å²) in [4.78, 5) is 32.3. The number of hydrogen-bond donors (Lipinski definition) is 1. The van der Waals surface area contributed by atoms with Crippen LogP contribution in [0.3, 0.4) is 0 Å². The molecule has 0 spiro atoms. The Morgan fingerprint density at radius 1 is 1.00 bits per heavy atom. The number of rotatable bonds is 8. The molecule has 0 aliphatic carbocycles. The average Bonchev–Trinajstić information content (AvgIpc) is 2.94. The Labute approximate surface area is 216 Å². The third-order valence-corrected chi connectivity index (χ3v) is 6.63. The van der Waals surface area contributed by atoms with Crippen LogP contribution in [0.25, 0.3) is 11.3 Å². The van der Waals surface area contributed by atoms with Gasteiger partial charge in [-0.2, -0.15) is 0 Å². The van der Waals surface area contributed by atoms with Crippen LogP contribution in [0.15, 0.2) is 73.1 Å². The number of carbonyl (C=O) groups is 1. The zero-order valence-corrected chi connectivity index (χ0v) is 20.7. The molecule has 4 heterocycles. The van der Waals surface area contributed by atoms with Gasteiger partial charge in [0.2, 0.25) is 0 Å². The van der Waals surface area contributed by atoms with Crippen molar-refractivity contribution in [2.75, 3.05) is 18.0 Å². The molecule has 0 bridgehead atoms. The molecule has 1 aliphatic heterocycles. The van der Waals surface area contributed by atoms with E-state index in [0.29, 0.717) is 23.9 Å². The fraction of sp³-hybridized carbons (Fsp3) is 0.276. The molecule has 0 radical (unpaired) electrons. The van der Waals surface area contributed by atoms with E-state index >= 15 is 0 Å². The number of benzene rings is 1. The van der Waals surface area contributed by atoms with Crippen LogP contribution in [0.2, 0.25) is 0 Å². The lowest BCUT2D eigenvalue weighted by Gasteiger charge is -2.32. The Hall–Kier alpha value is -4.33. The number of aromatic nitrogens is 4. The normalized spacial score (nSPS) is 13.9. The van der Waals surface area contributed by atoms with Crippen molar-refractivity contribution in [1.82, 2.24) is 19.9 Å². The van der Waals surface area contributed by atoms with E-state index in [9.17, 15) is 9.90 Å². The van der Waals surface area contributed by atoms with Gasteiger partial charge in [0.1, 0.15) is 18.2 Å². The van der Waals surface area contributed by atoms with Gasteiger partial charge in [-0.15, -0.1) is 0 Å². The van der Waals surface area contributed by atoms with Crippen molar-refractivity contribution >= 4 is 11.8 Å². The van der Waals surface area contributed by atoms with Crippen LogP contribution in [-0.2, 0) is 13.0 Å². The van der Waals surface area contributed by atoms with Crippen molar-refractivity contribution in [3.63, 3.8) is 0 Å². The Kier molecular flexibility index (Phi) is 7.35. The maximum Gasteiger partial charge on any atom is 0.358 e. The number of carboxylic acid groups (broad SMARTS) is 1. The SMILES string of the molecule is Cc1nc(CC2CCN(c3ccc(-c4ccccn4)cn3)CC2)nc(C(=O)O)c1OCc1ccccc1. The Morgan fingerprint density at radius 3 is 2.46 bits per heavy atom. The van der Waals surface area contributed by atoms with Gasteiger partial charge in [-0.1, -0.05) is 36.4 Å². The van der Waals surface area contributed by atoms with Crippen molar-refractivity contribution in [3.8, 4) is 17.0 Å². The number of aryl methyl sites for hydroxylation is 1. The molecule has 1 aliphatic rings. The Balaban J connectivity index is 1.21. The number of hydrogen-bond acceptors (Lipinski definition) is 7. The van der Waals surface area contributed by atoms with Crippen LogP contribution in [-0.4, -0.2) is 44.1 Å². The molecule has 1 aromatic carbocycles. The highest BCUT2D eigenvalue weighted by Crippen LogP contribution is 2.27. The first-order valence-corrected chi connectivity index (χ1v) is 12.5. The van der Waals surface area contributed by atoms with E-state index in [0.717, 1.165) is 48.6 Å². The zero-order valence-electron chi connectivity index (χ0n) is 20.7. The van der Waals surface area contributed by atoms with Gasteiger partial charge in [0.15, 0.2) is 11.4 Å². The van der Waals surface area contributed by atoms with E-state index in [1.165, 1.54) is 0 Å². The van der Waals surface area contributed by atoms with Crippen molar-refractivity contribution in [2.24, 2.45) is 5.92 Å². The van der Waals surface area contributed by atoms with Crippen molar-refractivity contribution < 1.29 is 14.6 Å². The number of ether oxygens (including phenoxy) is 1. The monoisotopic (exact) mass is 495 g/mol. The summed E-state index contributed by atoms with van der Waals surface area (Å²) in [5.74, 6) is 1.01. The summed E-state index contributed by atoms with van der Waals surface area (Å²) in [5.41, 5.74) is 3.33. The summed E-state index contributed by atoms with van der Waals surface area (Å²) in [6, 6.07) is 19.6. The third-order valence-electron chi connectivity index (χ3n) is 6.63. The molecule has 1 fully saturated rings. The lowest BCUT2D eigenvalue weighted by Crippen LogP contribution is -2.35. The van der Waals surface area contributed by atoms with Gasteiger partial charge in [-0.05, 0) is 55.5 Å².